The van der Waals surface area contributed by atoms with Crippen molar-refractivity contribution in [2.24, 2.45) is 0 Å². The van der Waals surface area contributed by atoms with E-state index >= 15 is 0 Å². The number of thiophene rings is 1. The third-order valence-electron chi connectivity index (χ3n) is 3.95. The topological polar surface area (TPSA) is 58.6 Å². The zero-order valence-corrected chi connectivity index (χ0v) is 15.4. The van der Waals surface area contributed by atoms with Crippen LogP contribution in [0.1, 0.15) is 30.7 Å². The number of esters is 1. The number of nitrogens with one attached hydrogen (secondary N) is 1. The molecule has 1 aromatic carbocycles. The molecule has 1 heterocycles. The summed E-state index contributed by atoms with van der Waals surface area (Å²) in [5.41, 5.74) is -0.305. The van der Waals surface area contributed by atoms with Gasteiger partial charge in [-0.25, -0.2) is 4.79 Å². The number of ether oxygens (including phenoxy) is 1. The molecule has 1 unspecified atom stereocenters. The SMILES string of the molecule is CCc1sc(NC(CC)C(=O)OC)c(-c2cccc(C(F)(F)F)c2)c1O. The van der Waals surface area contributed by atoms with Crippen LogP contribution in [0.15, 0.2) is 24.3 Å². The zero-order chi connectivity index (χ0) is 19.5. The Morgan fingerprint density at radius 2 is 2.04 bits per heavy atom. The molecule has 0 radical (unpaired) electrons. The van der Waals surface area contributed by atoms with E-state index in [1.54, 1.807) is 6.92 Å². The Morgan fingerprint density at radius 3 is 2.58 bits per heavy atom. The molecular formula is C18H20F3NO3S. The number of aromatic hydroxyl groups is 1. The molecule has 1 atom stereocenters. The molecule has 0 aliphatic carbocycles. The van der Waals surface area contributed by atoms with Crippen LogP contribution in [-0.4, -0.2) is 24.2 Å². The van der Waals surface area contributed by atoms with E-state index in [4.69, 9.17) is 4.74 Å². The highest BCUT2D eigenvalue weighted by atomic mass is 32.1. The van der Waals surface area contributed by atoms with Crippen LogP contribution in [0.3, 0.4) is 0 Å². The van der Waals surface area contributed by atoms with Crippen LogP contribution >= 0.6 is 11.3 Å². The Balaban J connectivity index is 2.54. The number of halogens is 3. The highest BCUT2D eigenvalue weighted by molar-refractivity contribution is 7.17. The minimum absolute atomic E-state index is 0.0703. The van der Waals surface area contributed by atoms with Crippen molar-refractivity contribution in [2.75, 3.05) is 12.4 Å². The molecule has 0 bridgehead atoms. The Kier molecular flexibility index (Phi) is 6.17. The molecule has 1 aromatic heterocycles. The van der Waals surface area contributed by atoms with E-state index in [2.05, 4.69) is 5.32 Å². The summed E-state index contributed by atoms with van der Waals surface area (Å²) >= 11 is 1.22. The summed E-state index contributed by atoms with van der Waals surface area (Å²) in [7, 11) is 1.27. The Labute approximate surface area is 153 Å². The number of anilines is 1. The fourth-order valence-corrected chi connectivity index (χ4v) is 3.67. The number of carbonyl (C=O) groups is 1. The lowest BCUT2D eigenvalue weighted by Crippen LogP contribution is -2.29. The van der Waals surface area contributed by atoms with Crippen molar-refractivity contribution in [2.45, 2.75) is 38.9 Å². The summed E-state index contributed by atoms with van der Waals surface area (Å²) in [4.78, 5) is 12.5. The second-order valence-corrected chi connectivity index (χ2v) is 6.74. The van der Waals surface area contributed by atoms with Crippen LogP contribution in [0.5, 0.6) is 5.75 Å². The largest absolute Gasteiger partial charge is 0.506 e. The fourth-order valence-electron chi connectivity index (χ4n) is 2.56. The number of methoxy groups -OCH3 is 1. The molecule has 0 fully saturated rings. The number of aryl methyl sites for hydroxylation is 1. The van der Waals surface area contributed by atoms with Gasteiger partial charge in [0.25, 0.3) is 0 Å². The van der Waals surface area contributed by atoms with Crippen molar-refractivity contribution in [1.29, 1.82) is 0 Å². The molecule has 0 saturated heterocycles. The van der Waals surface area contributed by atoms with Gasteiger partial charge in [-0.3, -0.25) is 0 Å². The van der Waals surface area contributed by atoms with E-state index in [1.807, 2.05) is 6.92 Å². The Bertz CT molecular complexity index is 786. The van der Waals surface area contributed by atoms with Gasteiger partial charge in [0.05, 0.1) is 18.2 Å². The van der Waals surface area contributed by atoms with Crippen molar-refractivity contribution < 1.29 is 27.8 Å². The summed E-state index contributed by atoms with van der Waals surface area (Å²) < 4.78 is 43.8. The standard InChI is InChI=1S/C18H20F3NO3S/c1-4-12(17(24)25-3)22-16-14(15(23)13(5-2)26-16)10-7-6-8-11(9-10)18(19,20)21/h6-9,12,22-23H,4-5H2,1-3H3. The first kappa shape index (κ1) is 20.1. The first-order valence-electron chi connectivity index (χ1n) is 8.09. The predicted molar refractivity (Wildman–Crippen MR) is 95.5 cm³/mol. The van der Waals surface area contributed by atoms with Gasteiger partial charge in [0, 0.05) is 4.88 Å². The number of rotatable bonds is 6. The average Bonchev–Trinajstić information content (AvgIpc) is 2.93. The Morgan fingerprint density at radius 1 is 1.35 bits per heavy atom. The van der Waals surface area contributed by atoms with Crippen LogP contribution in [0, 0.1) is 0 Å². The summed E-state index contributed by atoms with van der Waals surface area (Å²) in [6.45, 7) is 3.62. The number of hydrogen-bond acceptors (Lipinski definition) is 5. The zero-order valence-electron chi connectivity index (χ0n) is 14.6. The number of carbonyl (C=O) groups excluding carboxylic acids is 1. The molecule has 26 heavy (non-hydrogen) atoms. The quantitative estimate of drug-likeness (QED) is 0.680. The van der Waals surface area contributed by atoms with E-state index in [9.17, 15) is 23.1 Å². The first-order chi connectivity index (χ1) is 12.2. The maximum atomic E-state index is 13.0. The maximum Gasteiger partial charge on any atom is 0.416 e. The maximum absolute atomic E-state index is 13.0. The Hall–Kier alpha value is -2.22. The molecule has 0 aliphatic rings. The van der Waals surface area contributed by atoms with Crippen LogP contribution < -0.4 is 5.32 Å². The van der Waals surface area contributed by atoms with Gasteiger partial charge in [-0.2, -0.15) is 13.2 Å². The monoisotopic (exact) mass is 387 g/mol. The molecule has 2 N–H and O–H groups in total. The van der Waals surface area contributed by atoms with Crippen molar-refractivity contribution in [3.05, 3.63) is 34.7 Å². The van der Waals surface area contributed by atoms with Crippen LogP contribution in [0.25, 0.3) is 11.1 Å². The molecule has 8 heteroatoms. The lowest BCUT2D eigenvalue weighted by Gasteiger charge is -2.16. The predicted octanol–water partition coefficient (Wildman–Crippen LogP) is 5.07. The summed E-state index contributed by atoms with van der Waals surface area (Å²) in [5.74, 6) is -0.549. The first-order valence-corrected chi connectivity index (χ1v) is 8.91. The van der Waals surface area contributed by atoms with Crippen LogP contribution in [-0.2, 0) is 22.1 Å². The minimum atomic E-state index is -4.49. The molecule has 0 saturated carbocycles. The third kappa shape index (κ3) is 4.12. The van der Waals surface area contributed by atoms with E-state index in [1.165, 1.54) is 30.6 Å². The highest BCUT2D eigenvalue weighted by Gasteiger charge is 2.31. The average molecular weight is 387 g/mol. The normalized spacial score (nSPS) is 12.7. The molecule has 2 aromatic rings. The van der Waals surface area contributed by atoms with E-state index in [0.29, 0.717) is 22.7 Å². The summed E-state index contributed by atoms with van der Waals surface area (Å²) in [6.07, 6.45) is -3.55. The number of hydrogen-bond donors (Lipinski definition) is 2. The molecule has 142 valence electrons. The van der Waals surface area contributed by atoms with Gasteiger partial charge in [-0.1, -0.05) is 26.0 Å². The van der Waals surface area contributed by atoms with E-state index in [-0.39, 0.29) is 16.9 Å². The van der Waals surface area contributed by atoms with Crippen molar-refractivity contribution in [3.8, 4) is 16.9 Å². The van der Waals surface area contributed by atoms with Crippen LogP contribution in [0.4, 0.5) is 18.2 Å². The van der Waals surface area contributed by atoms with Gasteiger partial charge in [0.15, 0.2) is 0 Å². The number of benzene rings is 1. The number of alkyl halides is 3. The molecular weight excluding hydrogens is 367 g/mol. The second-order valence-electron chi connectivity index (χ2n) is 5.64. The fraction of sp³-hybridized carbons (Fsp3) is 0.389. The van der Waals surface area contributed by atoms with Crippen LogP contribution in [0.2, 0.25) is 0 Å². The lowest BCUT2D eigenvalue weighted by atomic mass is 10.0. The molecule has 0 spiro atoms. The van der Waals surface area contributed by atoms with E-state index in [0.717, 1.165) is 12.1 Å². The van der Waals surface area contributed by atoms with Gasteiger partial charge >= 0.3 is 12.1 Å². The lowest BCUT2D eigenvalue weighted by molar-refractivity contribution is -0.141. The van der Waals surface area contributed by atoms with Crippen molar-refractivity contribution >= 4 is 22.3 Å². The molecule has 0 aliphatic heterocycles. The van der Waals surface area contributed by atoms with Gasteiger partial charge in [-0.05, 0) is 30.5 Å². The van der Waals surface area contributed by atoms with Gasteiger partial charge in [0.1, 0.15) is 16.8 Å². The highest BCUT2D eigenvalue weighted by Crippen LogP contribution is 2.47. The summed E-state index contributed by atoms with van der Waals surface area (Å²) in [6, 6.07) is 4.10. The van der Waals surface area contributed by atoms with Gasteiger partial charge < -0.3 is 15.2 Å². The molecule has 2 rings (SSSR count). The van der Waals surface area contributed by atoms with E-state index < -0.39 is 23.8 Å². The molecule has 0 amide bonds. The third-order valence-corrected chi connectivity index (χ3v) is 5.21. The smallest absolute Gasteiger partial charge is 0.416 e. The van der Waals surface area contributed by atoms with Gasteiger partial charge in [0.2, 0.25) is 0 Å². The van der Waals surface area contributed by atoms with Gasteiger partial charge in [-0.15, -0.1) is 11.3 Å². The van der Waals surface area contributed by atoms with Crippen molar-refractivity contribution in [3.63, 3.8) is 0 Å². The molecule has 4 nitrogen and oxygen atoms in total. The second kappa shape index (κ2) is 7.99. The minimum Gasteiger partial charge on any atom is -0.506 e. The van der Waals surface area contributed by atoms with Crippen molar-refractivity contribution in [1.82, 2.24) is 0 Å². The summed E-state index contributed by atoms with van der Waals surface area (Å²) in [5, 5.41) is 14.0.